The average molecular weight is 363 g/mol. The van der Waals surface area contributed by atoms with Gasteiger partial charge in [0.2, 0.25) is 15.9 Å². The topological polar surface area (TPSA) is 82.3 Å². The van der Waals surface area contributed by atoms with Crippen LogP contribution in [0.4, 0.5) is 0 Å². The van der Waals surface area contributed by atoms with Gasteiger partial charge in [0.25, 0.3) is 0 Å². The van der Waals surface area contributed by atoms with Crippen LogP contribution in [-0.4, -0.2) is 49.6 Å². The highest BCUT2D eigenvalue weighted by Gasteiger charge is 2.27. The van der Waals surface area contributed by atoms with Crippen molar-refractivity contribution in [3.8, 4) is 0 Å². The molecule has 1 aromatic heterocycles. The second-order valence-corrected chi connectivity index (χ2v) is 8.55. The maximum atomic E-state index is 12.7. The van der Waals surface area contributed by atoms with Gasteiger partial charge in [-0.05, 0) is 37.3 Å². The molecule has 1 atom stereocenters. The van der Waals surface area contributed by atoms with Gasteiger partial charge in [-0.2, -0.15) is 0 Å². The summed E-state index contributed by atoms with van der Waals surface area (Å²) in [6.45, 7) is 1.01. The Balaban J connectivity index is 1.62. The number of carbonyl (C=O) groups excluding carboxylic acids is 1. The van der Waals surface area contributed by atoms with E-state index in [4.69, 9.17) is 0 Å². The van der Waals surface area contributed by atoms with E-state index in [1.807, 2.05) is 29.3 Å². The van der Waals surface area contributed by atoms with E-state index in [2.05, 4.69) is 15.8 Å². The Morgan fingerprint density at radius 2 is 2.12 bits per heavy atom. The number of aromatic amines is 1. The van der Waals surface area contributed by atoms with Crippen LogP contribution in [0.3, 0.4) is 0 Å². The quantitative estimate of drug-likeness (QED) is 0.824. The molecule has 1 amide bonds. The van der Waals surface area contributed by atoms with Crippen molar-refractivity contribution in [1.29, 1.82) is 0 Å². The van der Waals surface area contributed by atoms with Crippen LogP contribution in [-0.2, 0) is 21.2 Å². The molecule has 1 unspecified atom stereocenters. The van der Waals surface area contributed by atoms with Gasteiger partial charge in [0.05, 0.1) is 6.26 Å². The molecule has 3 rings (SSSR count). The van der Waals surface area contributed by atoms with E-state index in [0.29, 0.717) is 25.9 Å². The molecule has 2 heterocycles. The van der Waals surface area contributed by atoms with Gasteiger partial charge in [-0.15, -0.1) is 0 Å². The standard InChI is InChI=1S/C18H25N3O3S/c1-25(23,24)20-13-15-6-4-5-11-21(15)18(22)10-9-14-12-19-17-8-3-2-7-16(14)17/h2-3,7-8,12,15,19-20H,4-6,9-11,13H2,1H3. The number of hydrogen-bond acceptors (Lipinski definition) is 3. The molecule has 0 aliphatic carbocycles. The van der Waals surface area contributed by atoms with E-state index < -0.39 is 10.0 Å². The number of likely N-dealkylation sites (tertiary alicyclic amines) is 1. The smallest absolute Gasteiger partial charge is 0.223 e. The Morgan fingerprint density at radius 1 is 1.32 bits per heavy atom. The molecule has 1 aromatic carbocycles. The summed E-state index contributed by atoms with van der Waals surface area (Å²) in [6.07, 6.45) is 7.11. The fourth-order valence-corrected chi connectivity index (χ4v) is 4.01. The summed E-state index contributed by atoms with van der Waals surface area (Å²) in [4.78, 5) is 17.8. The lowest BCUT2D eigenvalue weighted by molar-refractivity contribution is -0.134. The number of nitrogens with zero attached hydrogens (tertiary/aromatic N) is 1. The fraction of sp³-hybridized carbons (Fsp3) is 0.500. The Bertz CT molecular complexity index is 844. The molecule has 0 bridgehead atoms. The number of sulfonamides is 1. The van der Waals surface area contributed by atoms with Crippen LogP contribution in [0.25, 0.3) is 10.9 Å². The average Bonchev–Trinajstić information content (AvgIpc) is 3.01. The first-order valence-electron chi connectivity index (χ1n) is 8.73. The first kappa shape index (κ1) is 17.9. The van der Waals surface area contributed by atoms with Crippen LogP contribution in [0.1, 0.15) is 31.2 Å². The Labute approximate surface area is 148 Å². The number of hydrogen-bond donors (Lipinski definition) is 2. The summed E-state index contributed by atoms with van der Waals surface area (Å²) in [6, 6.07) is 8.03. The normalized spacial score (nSPS) is 18.6. The highest BCUT2D eigenvalue weighted by atomic mass is 32.2. The zero-order valence-corrected chi connectivity index (χ0v) is 15.3. The molecule has 0 saturated carbocycles. The van der Waals surface area contributed by atoms with E-state index >= 15 is 0 Å². The number of aromatic nitrogens is 1. The van der Waals surface area contributed by atoms with Gasteiger partial charge in [0, 0.05) is 42.7 Å². The van der Waals surface area contributed by atoms with Crippen LogP contribution in [0, 0.1) is 0 Å². The van der Waals surface area contributed by atoms with Gasteiger partial charge in [-0.3, -0.25) is 4.79 Å². The molecule has 7 heteroatoms. The van der Waals surface area contributed by atoms with E-state index in [9.17, 15) is 13.2 Å². The van der Waals surface area contributed by atoms with Crippen LogP contribution in [0.2, 0.25) is 0 Å². The minimum Gasteiger partial charge on any atom is -0.361 e. The van der Waals surface area contributed by atoms with E-state index in [1.165, 1.54) is 0 Å². The van der Waals surface area contributed by atoms with Crippen LogP contribution in [0.5, 0.6) is 0 Å². The van der Waals surface area contributed by atoms with Gasteiger partial charge in [0.1, 0.15) is 0 Å². The maximum absolute atomic E-state index is 12.7. The number of H-pyrrole nitrogens is 1. The van der Waals surface area contributed by atoms with Crippen molar-refractivity contribution < 1.29 is 13.2 Å². The van der Waals surface area contributed by atoms with Crippen LogP contribution < -0.4 is 4.72 Å². The first-order chi connectivity index (χ1) is 11.9. The molecule has 25 heavy (non-hydrogen) atoms. The largest absolute Gasteiger partial charge is 0.361 e. The summed E-state index contributed by atoms with van der Waals surface area (Å²) < 4.78 is 25.2. The lowest BCUT2D eigenvalue weighted by Gasteiger charge is -2.36. The number of para-hydroxylation sites is 1. The van der Waals surface area contributed by atoms with Crippen molar-refractivity contribution in [3.63, 3.8) is 0 Å². The third-order valence-corrected chi connectivity index (χ3v) is 5.50. The summed E-state index contributed by atoms with van der Waals surface area (Å²) >= 11 is 0. The number of amides is 1. The minimum atomic E-state index is -3.24. The van der Waals surface area contributed by atoms with Crippen molar-refractivity contribution in [3.05, 3.63) is 36.0 Å². The lowest BCUT2D eigenvalue weighted by atomic mass is 10.0. The van der Waals surface area contributed by atoms with Crippen molar-refractivity contribution in [1.82, 2.24) is 14.6 Å². The molecule has 2 N–H and O–H groups in total. The summed E-state index contributed by atoms with van der Waals surface area (Å²) in [5.74, 6) is 0.102. The van der Waals surface area contributed by atoms with Crippen molar-refractivity contribution in [2.45, 2.75) is 38.1 Å². The molecule has 1 aliphatic rings. The van der Waals surface area contributed by atoms with E-state index in [1.54, 1.807) is 0 Å². The van der Waals surface area contributed by atoms with Gasteiger partial charge in [0.15, 0.2) is 0 Å². The number of benzene rings is 1. The lowest BCUT2D eigenvalue weighted by Crippen LogP contribution is -2.49. The number of piperidine rings is 1. The van der Waals surface area contributed by atoms with E-state index in [-0.39, 0.29) is 11.9 Å². The Kier molecular flexibility index (Phi) is 5.44. The predicted molar refractivity (Wildman–Crippen MR) is 98.8 cm³/mol. The molecule has 1 saturated heterocycles. The van der Waals surface area contributed by atoms with Gasteiger partial charge in [-0.1, -0.05) is 18.2 Å². The molecular weight excluding hydrogens is 338 g/mol. The minimum absolute atomic E-state index is 0.0426. The molecule has 2 aromatic rings. The monoisotopic (exact) mass is 363 g/mol. The maximum Gasteiger partial charge on any atom is 0.223 e. The van der Waals surface area contributed by atoms with Crippen molar-refractivity contribution >= 4 is 26.8 Å². The second kappa shape index (κ2) is 7.58. The van der Waals surface area contributed by atoms with Crippen molar-refractivity contribution in [2.75, 3.05) is 19.3 Å². The Morgan fingerprint density at radius 3 is 2.92 bits per heavy atom. The molecule has 1 aliphatic heterocycles. The number of rotatable bonds is 6. The highest BCUT2D eigenvalue weighted by Crippen LogP contribution is 2.21. The molecule has 1 fully saturated rings. The summed E-state index contributed by atoms with van der Waals surface area (Å²) in [5.41, 5.74) is 2.23. The second-order valence-electron chi connectivity index (χ2n) is 6.72. The molecular formula is C18H25N3O3S. The van der Waals surface area contributed by atoms with Crippen LogP contribution in [0.15, 0.2) is 30.5 Å². The molecule has 0 spiro atoms. The van der Waals surface area contributed by atoms with Crippen LogP contribution >= 0.6 is 0 Å². The number of carbonyl (C=O) groups is 1. The summed E-state index contributed by atoms with van der Waals surface area (Å²) in [5, 5.41) is 1.16. The van der Waals surface area contributed by atoms with Gasteiger partial charge in [-0.25, -0.2) is 13.1 Å². The van der Waals surface area contributed by atoms with Crippen molar-refractivity contribution in [2.24, 2.45) is 0 Å². The number of aryl methyl sites for hydroxylation is 1. The van der Waals surface area contributed by atoms with Gasteiger partial charge >= 0.3 is 0 Å². The fourth-order valence-electron chi connectivity index (χ4n) is 3.51. The first-order valence-corrected chi connectivity index (χ1v) is 10.6. The van der Waals surface area contributed by atoms with Gasteiger partial charge < -0.3 is 9.88 Å². The SMILES string of the molecule is CS(=O)(=O)NCC1CCCCN1C(=O)CCc1c[nH]c2ccccc12. The molecule has 0 radical (unpaired) electrons. The molecule has 6 nitrogen and oxygen atoms in total. The highest BCUT2D eigenvalue weighted by molar-refractivity contribution is 7.88. The third kappa shape index (κ3) is 4.61. The summed E-state index contributed by atoms with van der Waals surface area (Å²) in [7, 11) is -3.24. The number of nitrogens with one attached hydrogen (secondary N) is 2. The molecule has 136 valence electrons. The zero-order valence-electron chi connectivity index (χ0n) is 14.5. The van der Waals surface area contributed by atoms with E-state index in [0.717, 1.165) is 42.0 Å². The predicted octanol–water partition coefficient (Wildman–Crippen LogP) is 2.03. The zero-order chi connectivity index (χ0) is 17.9. The Hall–Kier alpha value is -1.86. The number of fused-ring (bicyclic) bond motifs is 1. The third-order valence-electron chi connectivity index (χ3n) is 4.81.